The summed E-state index contributed by atoms with van der Waals surface area (Å²) in [6.45, 7) is 1.40. The summed E-state index contributed by atoms with van der Waals surface area (Å²) in [6.07, 6.45) is 7.45. The van der Waals surface area contributed by atoms with Crippen LogP contribution in [-0.2, 0) is 6.54 Å². The molecule has 1 aliphatic rings. The molecule has 1 fully saturated rings. The van der Waals surface area contributed by atoms with Gasteiger partial charge < -0.3 is 10.5 Å². The average Bonchev–Trinajstić information content (AvgIpc) is 2.88. The fourth-order valence-electron chi connectivity index (χ4n) is 2.46. The highest BCUT2D eigenvalue weighted by Gasteiger charge is 2.16. The predicted octanol–water partition coefficient (Wildman–Crippen LogP) is 3.44. The molecule has 0 bridgehead atoms. The third-order valence-corrected chi connectivity index (χ3v) is 4.29. The highest BCUT2D eigenvalue weighted by molar-refractivity contribution is 7.98. The van der Waals surface area contributed by atoms with Crippen molar-refractivity contribution in [3.63, 3.8) is 0 Å². The fourth-order valence-corrected chi connectivity index (χ4v) is 3.10. The van der Waals surface area contributed by atoms with E-state index < -0.39 is 0 Å². The molecular weight excluding hydrogens is 230 g/mol. The van der Waals surface area contributed by atoms with Crippen LogP contribution in [0.25, 0.3) is 0 Å². The molecule has 0 unspecified atom stereocenters. The molecule has 3 heteroatoms. The van der Waals surface area contributed by atoms with Gasteiger partial charge in [-0.05, 0) is 37.1 Å². The summed E-state index contributed by atoms with van der Waals surface area (Å²) < 4.78 is 5.96. The van der Waals surface area contributed by atoms with Crippen LogP contribution in [0.5, 0.6) is 5.75 Å². The summed E-state index contributed by atoms with van der Waals surface area (Å²) in [7, 11) is 0. The van der Waals surface area contributed by atoms with Crippen molar-refractivity contribution in [2.75, 3.05) is 12.9 Å². The van der Waals surface area contributed by atoms with Gasteiger partial charge in [-0.1, -0.05) is 18.9 Å². The maximum atomic E-state index is 5.96. The van der Waals surface area contributed by atoms with Gasteiger partial charge in [-0.25, -0.2) is 0 Å². The summed E-state index contributed by atoms with van der Waals surface area (Å²) in [5.74, 6) is 1.73. The number of thioether (sulfide) groups is 1. The Kier molecular flexibility index (Phi) is 4.75. The van der Waals surface area contributed by atoms with Gasteiger partial charge in [-0.15, -0.1) is 11.8 Å². The summed E-state index contributed by atoms with van der Waals surface area (Å²) in [5.41, 5.74) is 6.97. The molecule has 2 N–H and O–H groups in total. The molecule has 1 saturated carbocycles. The number of hydrogen-bond donors (Lipinski definition) is 1. The second-order valence-electron chi connectivity index (χ2n) is 4.60. The van der Waals surface area contributed by atoms with Crippen LogP contribution >= 0.6 is 11.8 Å². The highest BCUT2D eigenvalue weighted by Crippen LogP contribution is 2.30. The second kappa shape index (κ2) is 6.31. The number of ether oxygens (including phenoxy) is 1. The molecule has 0 heterocycles. The highest BCUT2D eigenvalue weighted by atomic mass is 32.2. The Labute approximate surface area is 108 Å². The Balaban J connectivity index is 2.03. The predicted molar refractivity (Wildman–Crippen MR) is 73.6 cm³/mol. The SMILES string of the molecule is CSc1cccc(OCC2CCCC2)c1CN. The zero-order chi connectivity index (χ0) is 12.1. The van der Waals surface area contributed by atoms with Gasteiger partial charge >= 0.3 is 0 Å². The Morgan fingerprint density at radius 3 is 2.76 bits per heavy atom. The van der Waals surface area contributed by atoms with Crippen LogP contribution < -0.4 is 10.5 Å². The normalized spacial score (nSPS) is 16.4. The van der Waals surface area contributed by atoms with Crippen molar-refractivity contribution in [3.8, 4) is 5.75 Å². The smallest absolute Gasteiger partial charge is 0.124 e. The molecule has 2 rings (SSSR count). The maximum absolute atomic E-state index is 5.96. The lowest BCUT2D eigenvalue weighted by molar-refractivity contribution is 0.249. The van der Waals surface area contributed by atoms with Crippen molar-refractivity contribution in [1.82, 2.24) is 0 Å². The van der Waals surface area contributed by atoms with Gasteiger partial charge in [0.25, 0.3) is 0 Å². The molecule has 0 spiro atoms. The van der Waals surface area contributed by atoms with E-state index in [1.807, 2.05) is 6.07 Å². The first-order valence-electron chi connectivity index (χ1n) is 6.34. The standard InChI is InChI=1S/C14H21NOS/c1-17-14-8-4-7-13(12(14)9-15)16-10-11-5-2-3-6-11/h4,7-8,11H,2-3,5-6,9-10,15H2,1H3. The minimum atomic E-state index is 0.553. The number of benzene rings is 1. The summed E-state index contributed by atoms with van der Waals surface area (Å²) in [6, 6.07) is 6.20. The lowest BCUT2D eigenvalue weighted by atomic mass is 10.1. The minimum absolute atomic E-state index is 0.553. The third-order valence-electron chi connectivity index (χ3n) is 3.46. The molecule has 0 saturated heterocycles. The van der Waals surface area contributed by atoms with E-state index in [0.717, 1.165) is 23.8 Å². The third kappa shape index (κ3) is 3.17. The van der Waals surface area contributed by atoms with Crippen molar-refractivity contribution in [3.05, 3.63) is 23.8 Å². The zero-order valence-electron chi connectivity index (χ0n) is 10.4. The van der Waals surface area contributed by atoms with Gasteiger partial charge in [0.2, 0.25) is 0 Å². The monoisotopic (exact) mass is 251 g/mol. The number of rotatable bonds is 5. The quantitative estimate of drug-likeness (QED) is 0.814. The fraction of sp³-hybridized carbons (Fsp3) is 0.571. The van der Waals surface area contributed by atoms with Crippen LogP contribution in [0.1, 0.15) is 31.2 Å². The molecule has 0 amide bonds. The van der Waals surface area contributed by atoms with E-state index in [4.69, 9.17) is 10.5 Å². The molecular formula is C14H21NOS. The van der Waals surface area contributed by atoms with Crippen LogP contribution in [0.3, 0.4) is 0 Å². The first-order valence-corrected chi connectivity index (χ1v) is 7.56. The van der Waals surface area contributed by atoms with Crippen LogP contribution in [0.2, 0.25) is 0 Å². The molecule has 0 radical (unpaired) electrons. The molecule has 0 atom stereocenters. The number of hydrogen-bond acceptors (Lipinski definition) is 3. The van der Waals surface area contributed by atoms with Gasteiger partial charge in [0.15, 0.2) is 0 Å². The molecule has 1 aliphatic carbocycles. The zero-order valence-corrected chi connectivity index (χ0v) is 11.3. The summed E-state index contributed by atoms with van der Waals surface area (Å²) in [5, 5.41) is 0. The van der Waals surface area contributed by atoms with Gasteiger partial charge in [0, 0.05) is 17.0 Å². The molecule has 17 heavy (non-hydrogen) atoms. The minimum Gasteiger partial charge on any atom is -0.493 e. The van der Waals surface area contributed by atoms with Gasteiger partial charge in [0.1, 0.15) is 5.75 Å². The van der Waals surface area contributed by atoms with Crippen LogP contribution in [0.15, 0.2) is 23.1 Å². The first-order chi connectivity index (χ1) is 8.35. The van der Waals surface area contributed by atoms with E-state index >= 15 is 0 Å². The Bertz CT molecular complexity index is 361. The van der Waals surface area contributed by atoms with Crippen molar-refractivity contribution >= 4 is 11.8 Å². The molecule has 1 aromatic carbocycles. The summed E-state index contributed by atoms with van der Waals surface area (Å²) in [4.78, 5) is 1.23. The summed E-state index contributed by atoms with van der Waals surface area (Å²) >= 11 is 1.73. The van der Waals surface area contributed by atoms with Crippen molar-refractivity contribution < 1.29 is 4.74 Å². The molecule has 2 nitrogen and oxygen atoms in total. The largest absolute Gasteiger partial charge is 0.493 e. The van der Waals surface area contributed by atoms with Crippen LogP contribution in [0, 0.1) is 5.92 Å². The van der Waals surface area contributed by atoms with Gasteiger partial charge in [-0.2, -0.15) is 0 Å². The Morgan fingerprint density at radius 2 is 2.12 bits per heavy atom. The average molecular weight is 251 g/mol. The molecule has 1 aromatic rings. The van der Waals surface area contributed by atoms with E-state index in [9.17, 15) is 0 Å². The second-order valence-corrected chi connectivity index (χ2v) is 5.45. The van der Waals surface area contributed by atoms with Crippen LogP contribution in [0.4, 0.5) is 0 Å². The van der Waals surface area contributed by atoms with E-state index in [1.54, 1.807) is 11.8 Å². The van der Waals surface area contributed by atoms with Crippen molar-refractivity contribution in [2.45, 2.75) is 37.1 Å². The molecule has 0 aromatic heterocycles. The van der Waals surface area contributed by atoms with E-state index in [1.165, 1.54) is 30.6 Å². The lowest BCUT2D eigenvalue weighted by Crippen LogP contribution is -2.10. The van der Waals surface area contributed by atoms with Crippen molar-refractivity contribution in [2.24, 2.45) is 11.7 Å². The van der Waals surface area contributed by atoms with E-state index in [2.05, 4.69) is 18.4 Å². The molecule has 0 aliphatic heterocycles. The Hall–Kier alpha value is -0.670. The number of nitrogens with two attached hydrogens (primary N) is 1. The van der Waals surface area contributed by atoms with Crippen LogP contribution in [-0.4, -0.2) is 12.9 Å². The first kappa shape index (κ1) is 12.8. The van der Waals surface area contributed by atoms with E-state index in [0.29, 0.717) is 6.54 Å². The topological polar surface area (TPSA) is 35.2 Å². The molecule has 94 valence electrons. The maximum Gasteiger partial charge on any atom is 0.124 e. The van der Waals surface area contributed by atoms with E-state index in [-0.39, 0.29) is 0 Å². The Morgan fingerprint density at radius 1 is 1.35 bits per heavy atom. The van der Waals surface area contributed by atoms with Gasteiger partial charge in [0.05, 0.1) is 6.61 Å². The van der Waals surface area contributed by atoms with Crippen molar-refractivity contribution in [1.29, 1.82) is 0 Å². The lowest BCUT2D eigenvalue weighted by Gasteiger charge is -2.15. The van der Waals surface area contributed by atoms with Gasteiger partial charge in [-0.3, -0.25) is 0 Å².